The highest BCUT2D eigenvalue weighted by Crippen LogP contribution is 2.38. The molecule has 0 aromatic heterocycles. The molecular formula is C18H31N3O2Si. The Morgan fingerprint density at radius 3 is 2.38 bits per heavy atom. The smallest absolute Gasteiger partial charge is 0.192 e. The highest BCUT2D eigenvalue weighted by atomic mass is 28.4. The van der Waals surface area contributed by atoms with Gasteiger partial charge in [-0.05, 0) is 36.2 Å². The number of azide groups is 1. The Morgan fingerprint density at radius 1 is 1.21 bits per heavy atom. The third-order valence-corrected chi connectivity index (χ3v) is 9.35. The molecule has 0 aliphatic rings. The van der Waals surface area contributed by atoms with Gasteiger partial charge in [0, 0.05) is 23.5 Å². The summed E-state index contributed by atoms with van der Waals surface area (Å²) in [6.07, 6.45) is -0.00725. The minimum Gasteiger partial charge on any atom is -0.414 e. The molecule has 0 spiro atoms. The average molecular weight is 350 g/mol. The fourth-order valence-electron chi connectivity index (χ4n) is 2.12. The van der Waals surface area contributed by atoms with Crippen LogP contribution in [0.25, 0.3) is 10.4 Å². The van der Waals surface area contributed by atoms with Gasteiger partial charge in [-0.25, -0.2) is 0 Å². The summed E-state index contributed by atoms with van der Waals surface area (Å²) in [7, 11) is -1.86. The third kappa shape index (κ3) is 6.65. The fraction of sp³-hybridized carbons (Fsp3) is 0.667. The van der Waals surface area contributed by atoms with Crippen LogP contribution in [0.5, 0.6) is 0 Å². The van der Waals surface area contributed by atoms with Crippen LogP contribution >= 0.6 is 0 Å². The highest BCUT2D eigenvalue weighted by molar-refractivity contribution is 6.74. The molecule has 5 nitrogen and oxygen atoms in total. The zero-order valence-electron chi connectivity index (χ0n) is 15.8. The van der Waals surface area contributed by atoms with E-state index in [0.29, 0.717) is 19.8 Å². The first-order chi connectivity index (χ1) is 11.2. The highest BCUT2D eigenvalue weighted by Gasteiger charge is 2.39. The fourth-order valence-corrected chi connectivity index (χ4v) is 3.59. The van der Waals surface area contributed by atoms with E-state index in [9.17, 15) is 0 Å². The van der Waals surface area contributed by atoms with Crippen molar-refractivity contribution in [2.75, 3.05) is 13.2 Å². The first kappa shape index (κ1) is 20.7. The largest absolute Gasteiger partial charge is 0.414 e. The van der Waals surface area contributed by atoms with Crippen LogP contribution in [0.3, 0.4) is 0 Å². The van der Waals surface area contributed by atoms with Crippen molar-refractivity contribution in [2.45, 2.75) is 58.5 Å². The number of benzene rings is 1. The summed E-state index contributed by atoms with van der Waals surface area (Å²) in [5.41, 5.74) is 9.78. The molecule has 1 rings (SSSR count). The summed E-state index contributed by atoms with van der Waals surface area (Å²) in [6.45, 7) is 14.7. The molecule has 0 aliphatic carbocycles. The normalized spacial score (nSPS) is 14.8. The van der Waals surface area contributed by atoms with Gasteiger partial charge in [0.1, 0.15) is 0 Å². The molecule has 0 heterocycles. The molecule has 0 N–H and O–H groups in total. The van der Waals surface area contributed by atoms with Crippen LogP contribution in [0.2, 0.25) is 18.1 Å². The molecule has 0 fully saturated rings. The number of hydrogen-bond acceptors (Lipinski definition) is 3. The molecule has 0 aliphatic heterocycles. The predicted octanol–water partition coefficient (Wildman–Crippen LogP) is 5.54. The standard InChI is InChI=1S/C18H31N3O2Si/c1-15(23-24(5,6)18(2,3)4)17(12-20-21-19)14-22-13-16-10-8-7-9-11-16/h7-11,15,17H,12-14H2,1-6H3/t15-,17-/m1/s1. The van der Waals surface area contributed by atoms with Gasteiger partial charge >= 0.3 is 0 Å². The average Bonchev–Trinajstić information content (AvgIpc) is 2.50. The lowest BCUT2D eigenvalue weighted by Gasteiger charge is -2.40. The monoisotopic (exact) mass is 349 g/mol. The van der Waals surface area contributed by atoms with E-state index in [1.807, 2.05) is 30.3 Å². The van der Waals surface area contributed by atoms with Gasteiger partial charge in [0.25, 0.3) is 0 Å². The minimum atomic E-state index is -1.86. The third-order valence-electron chi connectivity index (χ3n) is 4.77. The van der Waals surface area contributed by atoms with Crippen LogP contribution < -0.4 is 0 Å². The Balaban J connectivity index is 2.64. The second kappa shape index (κ2) is 9.23. The van der Waals surface area contributed by atoms with E-state index in [1.54, 1.807) is 0 Å². The van der Waals surface area contributed by atoms with Crippen LogP contribution in [0, 0.1) is 5.92 Å². The van der Waals surface area contributed by atoms with Gasteiger partial charge in [0.2, 0.25) is 0 Å². The molecule has 0 unspecified atom stereocenters. The molecule has 0 saturated heterocycles. The SMILES string of the molecule is C[C@@H](O[Si](C)(C)C(C)(C)C)[C@H](CN=[N+]=[N-])COCc1ccccc1. The first-order valence-electron chi connectivity index (χ1n) is 8.47. The van der Waals surface area contributed by atoms with Crippen LogP contribution in [0.4, 0.5) is 0 Å². The maximum atomic E-state index is 8.65. The lowest BCUT2D eigenvalue weighted by molar-refractivity contribution is 0.0372. The molecule has 0 saturated carbocycles. The van der Waals surface area contributed by atoms with Gasteiger partial charge in [0.05, 0.1) is 13.2 Å². The molecule has 134 valence electrons. The number of rotatable bonds is 9. The number of ether oxygens (including phenoxy) is 1. The molecule has 6 heteroatoms. The van der Waals surface area contributed by atoms with Gasteiger partial charge in [0.15, 0.2) is 8.32 Å². The van der Waals surface area contributed by atoms with Crippen molar-refractivity contribution in [3.05, 3.63) is 46.3 Å². The van der Waals surface area contributed by atoms with E-state index in [2.05, 4.69) is 50.8 Å². The summed E-state index contributed by atoms with van der Waals surface area (Å²) < 4.78 is 12.3. The molecular weight excluding hydrogens is 318 g/mol. The Morgan fingerprint density at radius 2 is 1.83 bits per heavy atom. The second-order valence-electron chi connectivity index (χ2n) is 7.76. The topological polar surface area (TPSA) is 67.2 Å². The zero-order chi connectivity index (χ0) is 18.2. The quantitative estimate of drug-likeness (QED) is 0.254. The van der Waals surface area contributed by atoms with Crippen LogP contribution in [-0.4, -0.2) is 27.6 Å². The lowest BCUT2D eigenvalue weighted by Crippen LogP contribution is -2.46. The summed E-state index contributed by atoms with van der Waals surface area (Å²) in [5, 5.41) is 3.90. The lowest BCUT2D eigenvalue weighted by atomic mass is 10.1. The summed E-state index contributed by atoms with van der Waals surface area (Å²) in [4.78, 5) is 2.89. The number of nitrogens with zero attached hydrogens (tertiary/aromatic N) is 3. The number of hydrogen-bond donors (Lipinski definition) is 0. The maximum Gasteiger partial charge on any atom is 0.192 e. The minimum absolute atomic E-state index is 0.00725. The molecule has 2 atom stereocenters. The van der Waals surface area contributed by atoms with E-state index in [1.165, 1.54) is 0 Å². The van der Waals surface area contributed by atoms with E-state index in [0.717, 1.165) is 5.56 Å². The van der Waals surface area contributed by atoms with Crippen molar-refractivity contribution < 1.29 is 9.16 Å². The van der Waals surface area contributed by atoms with Crippen molar-refractivity contribution in [3.63, 3.8) is 0 Å². The van der Waals surface area contributed by atoms with E-state index in [-0.39, 0.29) is 17.1 Å². The molecule has 1 aromatic rings. The molecule has 24 heavy (non-hydrogen) atoms. The van der Waals surface area contributed by atoms with E-state index < -0.39 is 8.32 Å². The van der Waals surface area contributed by atoms with Crippen molar-refractivity contribution >= 4 is 8.32 Å². The molecule has 0 bridgehead atoms. The van der Waals surface area contributed by atoms with Crippen molar-refractivity contribution in [3.8, 4) is 0 Å². The summed E-state index contributed by atoms with van der Waals surface area (Å²) >= 11 is 0. The molecule has 0 radical (unpaired) electrons. The molecule has 1 aromatic carbocycles. The van der Waals surface area contributed by atoms with Gasteiger partial charge in [-0.2, -0.15) is 0 Å². The van der Waals surface area contributed by atoms with Gasteiger partial charge in [-0.15, -0.1) is 0 Å². The van der Waals surface area contributed by atoms with Crippen molar-refractivity contribution in [1.29, 1.82) is 0 Å². The van der Waals surface area contributed by atoms with Crippen molar-refractivity contribution in [2.24, 2.45) is 11.0 Å². The summed E-state index contributed by atoms with van der Waals surface area (Å²) in [6, 6.07) is 10.1. The maximum absolute atomic E-state index is 8.65. The van der Waals surface area contributed by atoms with Gasteiger partial charge in [-0.1, -0.05) is 56.2 Å². The van der Waals surface area contributed by atoms with Crippen LogP contribution in [-0.2, 0) is 15.8 Å². The Labute approximate surface area is 147 Å². The first-order valence-corrected chi connectivity index (χ1v) is 11.4. The van der Waals surface area contributed by atoms with Crippen LogP contribution in [0.1, 0.15) is 33.3 Å². The zero-order valence-corrected chi connectivity index (χ0v) is 16.8. The van der Waals surface area contributed by atoms with Crippen LogP contribution in [0.15, 0.2) is 35.4 Å². The predicted molar refractivity (Wildman–Crippen MR) is 101 cm³/mol. The van der Waals surface area contributed by atoms with Gasteiger partial charge in [-0.3, -0.25) is 0 Å². The second-order valence-corrected chi connectivity index (χ2v) is 12.5. The van der Waals surface area contributed by atoms with Crippen molar-refractivity contribution in [1.82, 2.24) is 0 Å². The molecule has 0 amide bonds. The Hall–Kier alpha value is -1.33. The Bertz CT molecular complexity index is 537. The van der Waals surface area contributed by atoms with E-state index >= 15 is 0 Å². The summed E-state index contributed by atoms with van der Waals surface area (Å²) in [5.74, 6) is 0.0544. The van der Waals surface area contributed by atoms with E-state index in [4.69, 9.17) is 14.7 Å². The van der Waals surface area contributed by atoms with Gasteiger partial charge < -0.3 is 9.16 Å². The Kier molecular flexibility index (Phi) is 7.96.